The second-order valence-corrected chi connectivity index (χ2v) is 6.14. The Morgan fingerprint density at radius 1 is 1.36 bits per heavy atom. The summed E-state index contributed by atoms with van der Waals surface area (Å²) < 4.78 is 3.88. The minimum atomic E-state index is 0. The van der Waals surface area contributed by atoms with Crippen LogP contribution in [-0.4, -0.2) is 45.2 Å². The zero-order valence-electron chi connectivity index (χ0n) is 15.8. The molecule has 0 bridgehead atoms. The molecule has 1 unspecified atom stereocenters. The molecule has 2 heterocycles. The predicted molar refractivity (Wildman–Crippen MR) is 113 cm³/mol. The predicted octanol–water partition coefficient (Wildman–Crippen LogP) is 2.04. The molecule has 0 saturated carbocycles. The Morgan fingerprint density at radius 3 is 2.68 bits per heavy atom. The summed E-state index contributed by atoms with van der Waals surface area (Å²) >= 11 is 0. The first-order valence-electron chi connectivity index (χ1n) is 8.45. The summed E-state index contributed by atoms with van der Waals surface area (Å²) in [5, 5.41) is 15.5. The van der Waals surface area contributed by atoms with Crippen molar-refractivity contribution in [3.8, 4) is 0 Å². The first-order valence-corrected chi connectivity index (χ1v) is 8.45. The van der Waals surface area contributed by atoms with E-state index in [0.29, 0.717) is 0 Å². The SMILES string of the molecule is CN=C(NCCCn1cccn1)NC(C)Cc1c(C)nn(C)c1C.I. The van der Waals surface area contributed by atoms with Crippen molar-refractivity contribution in [3.63, 3.8) is 0 Å². The number of nitrogens with one attached hydrogen (secondary N) is 2. The average Bonchev–Trinajstić information content (AvgIpc) is 3.14. The summed E-state index contributed by atoms with van der Waals surface area (Å²) in [6.45, 7) is 8.11. The standard InChI is InChI=1S/C17H29N7.HI/c1-13(12-16-14(2)22-23(5)15(16)3)21-17(18-4)19-8-6-10-24-11-7-9-20-24;/h7,9,11,13H,6,8,10,12H2,1-5H3,(H2,18,19,21);1H. The first kappa shape index (κ1) is 21.5. The quantitative estimate of drug-likeness (QED) is 0.288. The normalized spacial score (nSPS) is 12.6. The Morgan fingerprint density at radius 2 is 2.12 bits per heavy atom. The van der Waals surface area contributed by atoms with E-state index in [0.717, 1.165) is 37.6 Å². The van der Waals surface area contributed by atoms with Crippen LogP contribution in [0, 0.1) is 13.8 Å². The van der Waals surface area contributed by atoms with Gasteiger partial charge < -0.3 is 10.6 Å². The van der Waals surface area contributed by atoms with E-state index in [1.54, 1.807) is 13.2 Å². The van der Waals surface area contributed by atoms with Crippen LogP contribution in [0.1, 0.15) is 30.3 Å². The zero-order chi connectivity index (χ0) is 17.5. The molecule has 0 amide bonds. The van der Waals surface area contributed by atoms with Crippen LogP contribution in [0.25, 0.3) is 0 Å². The Labute approximate surface area is 167 Å². The molecule has 25 heavy (non-hydrogen) atoms. The molecule has 2 rings (SSSR count). The first-order chi connectivity index (χ1) is 11.5. The largest absolute Gasteiger partial charge is 0.356 e. The molecule has 0 aliphatic carbocycles. The molecule has 0 fully saturated rings. The van der Waals surface area contributed by atoms with Crippen molar-refractivity contribution in [3.05, 3.63) is 35.4 Å². The lowest BCUT2D eigenvalue weighted by Gasteiger charge is -2.18. The monoisotopic (exact) mass is 459 g/mol. The van der Waals surface area contributed by atoms with E-state index < -0.39 is 0 Å². The lowest BCUT2D eigenvalue weighted by atomic mass is 10.1. The molecule has 2 aromatic rings. The molecule has 7 nitrogen and oxygen atoms in total. The van der Waals surface area contributed by atoms with Crippen molar-refractivity contribution in [1.29, 1.82) is 0 Å². The summed E-state index contributed by atoms with van der Waals surface area (Å²) in [5.74, 6) is 0.835. The number of hydrogen-bond acceptors (Lipinski definition) is 3. The van der Waals surface area contributed by atoms with Crippen LogP contribution < -0.4 is 10.6 Å². The number of hydrogen-bond donors (Lipinski definition) is 2. The van der Waals surface area contributed by atoms with Gasteiger partial charge in [0.15, 0.2) is 5.96 Å². The third kappa shape index (κ3) is 6.33. The van der Waals surface area contributed by atoms with E-state index >= 15 is 0 Å². The fourth-order valence-corrected chi connectivity index (χ4v) is 2.78. The molecule has 140 valence electrons. The fourth-order valence-electron chi connectivity index (χ4n) is 2.78. The molecule has 8 heteroatoms. The number of rotatable bonds is 7. The van der Waals surface area contributed by atoms with E-state index in [1.165, 1.54) is 11.3 Å². The van der Waals surface area contributed by atoms with Gasteiger partial charge in [0.25, 0.3) is 0 Å². The van der Waals surface area contributed by atoms with Gasteiger partial charge in [-0.2, -0.15) is 10.2 Å². The van der Waals surface area contributed by atoms with Crippen molar-refractivity contribution in [2.75, 3.05) is 13.6 Å². The highest BCUT2D eigenvalue weighted by Gasteiger charge is 2.13. The highest BCUT2D eigenvalue weighted by molar-refractivity contribution is 14.0. The highest BCUT2D eigenvalue weighted by Crippen LogP contribution is 2.14. The number of aromatic nitrogens is 4. The lowest BCUT2D eigenvalue weighted by Crippen LogP contribution is -2.43. The maximum absolute atomic E-state index is 4.48. The van der Waals surface area contributed by atoms with Gasteiger partial charge in [-0.1, -0.05) is 0 Å². The van der Waals surface area contributed by atoms with Crippen molar-refractivity contribution >= 4 is 29.9 Å². The minimum Gasteiger partial charge on any atom is -0.356 e. The topological polar surface area (TPSA) is 72.1 Å². The van der Waals surface area contributed by atoms with Crippen molar-refractivity contribution < 1.29 is 0 Å². The van der Waals surface area contributed by atoms with E-state index in [2.05, 4.69) is 46.6 Å². The maximum Gasteiger partial charge on any atom is 0.191 e. The van der Waals surface area contributed by atoms with Crippen LogP contribution in [0.3, 0.4) is 0 Å². The summed E-state index contributed by atoms with van der Waals surface area (Å²) in [6.07, 6.45) is 5.71. The molecule has 0 radical (unpaired) electrons. The van der Waals surface area contributed by atoms with Crippen molar-refractivity contribution in [2.45, 2.75) is 46.2 Å². The summed E-state index contributed by atoms with van der Waals surface area (Å²) in [6, 6.07) is 2.22. The molecule has 2 aromatic heterocycles. The van der Waals surface area contributed by atoms with Gasteiger partial charge in [0, 0.05) is 51.3 Å². The van der Waals surface area contributed by atoms with Gasteiger partial charge in [-0.15, -0.1) is 24.0 Å². The van der Waals surface area contributed by atoms with Gasteiger partial charge in [-0.3, -0.25) is 14.4 Å². The van der Waals surface area contributed by atoms with Gasteiger partial charge in [0.2, 0.25) is 0 Å². The Kier molecular flexibility index (Phi) is 8.95. The van der Waals surface area contributed by atoms with E-state index in [1.807, 2.05) is 28.7 Å². The van der Waals surface area contributed by atoms with Gasteiger partial charge in [0.1, 0.15) is 0 Å². The van der Waals surface area contributed by atoms with Crippen LogP contribution in [-0.2, 0) is 20.0 Å². The Bertz CT molecular complexity index is 661. The van der Waals surface area contributed by atoms with Gasteiger partial charge in [0.05, 0.1) is 5.69 Å². The summed E-state index contributed by atoms with van der Waals surface area (Å²) in [4.78, 5) is 4.31. The second kappa shape index (κ2) is 10.4. The molecule has 0 saturated heterocycles. The molecule has 0 aliphatic rings. The lowest BCUT2D eigenvalue weighted by molar-refractivity contribution is 0.565. The minimum absolute atomic E-state index is 0. The smallest absolute Gasteiger partial charge is 0.191 e. The van der Waals surface area contributed by atoms with Crippen LogP contribution in [0.5, 0.6) is 0 Å². The molecule has 2 N–H and O–H groups in total. The third-order valence-corrected chi connectivity index (χ3v) is 4.19. The third-order valence-electron chi connectivity index (χ3n) is 4.19. The van der Waals surface area contributed by atoms with Crippen LogP contribution >= 0.6 is 24.0 Å². The summed E-state index contributed by atoms with van der Waals surface area (Å²) in [5.41, 5.74) is 3.64. The average molecular weight is 459 g/mol. The Hall–Kier alpha value is -1.58. The van der Waals surface area contributed by atoms with Gasteiger partial charge >= 0.3 is 0 Å². The maximum atomic E-state index is 4.48. The summed E-state index contributed by atoms with van der Waals surface area (Å²) in [7, 11) is 3.79. The number of aryl methyl sites for hydroxylation is 3. The molecule has 0 spiro atoms. The van der Waals surface area contributed by atoms with Crippen LogP contribution in [0.15, 0.2) is 23.5 Å². The Balaban J connectivity index is 0.00000312. The number of halogens is 1. The van der Waals surface area contributed by atoms with Crippen molar-refractivity contribution in [2.24, 2.45) is 12.0 Å². The van der Waals surface area contributed by atoms with Gasteiger partial charge in [-0.05, 0) is 45.2 Å². The molecular weight excluding hydrogens is 429 g/mol. The van der Waals surface area contributed by atoms with E-state index in [4.69, 9.17) is 0 Å². The zero-order valence-corrected chi connectivity index (χ0v) is 18.1. The molecule has 1 atom stereocenters. The second-order valence-electron chi connectivity index (χ2n) is 6.14. The highest BCUT2D eigenvalue weighted by atomic mass is 127. The van der Waals surface area contributed by atoms with Crippen LogP contribution in [0.2, 0.25) is 0 Å². The molecular formula is C17H30IN7. The number of aliphatic imine (C=N–C) groups is 1. The van der Waals surface area contributed by atoms with Gasteiger partial charge in [-0.25, -0.2) is 0 Å². The molecule has 0 aliphatic heterocycles. The molecule has 0 aromatic carbocycles. The number of nitrogens with zero attached hydrogens (tertiary/aromatic N) is 5. The number of guanidine groups is 1. The van der Waals surface area contributed by atoms with E-state index in [-0.39, 0.29) is 30.0 Å². The van der Waals surface area contributed by atoms with Crippen LogP contribution in [0.4, 0.5) is 0 Å². The fraction of sp³-hybridized carbons (Fsp3) is 0.588. The van der Waals surface area contributed by atoms with E-state index in [9.17, 15) is 0 Å². The van der Waals surface area contributed by atoms with Crippen molar-refractivity contribution in [1.82, 2.24) is 30.2 Å².